The quantitative estimate of drug-likeness (QED) is 0.0270. The molecule has 0 rings (SSSR count). The summed E-state index contributed by atoms with van der Waals surface area (Å²) in [7, 11) is 0. The Kier molecular flexibility index (Phi) is 36.0. The topological polar surface area (TPSA) is 156 Å². The van der Waals surface area contributed by atoms with Gasteiger partial charge in [-0.25, -0.2) is 9.59 Å². The second-order valence-corrected chi connectivity index (χ2v) is 15.5. The molecule has 0 bridgehead atoms. The highest BCUT2D eigenvalue weighted by molar-refractivity contribution is 7.80. The van der Waals surface area contributed by atoms with Gasteiger partial charge in [0.05, 0.1) is 0 Å². The van der Waals surface area contributed by atoms with Crippen molar-refractivity contribution in [2.24, 2.45) is 0 Å². The molecule has 0 aliphatic rings. The third kappa shape index (κ3) is 31.0. The van der Waals surface area contributed by atoms with Crippen LogP contribution in [0.1, 0.15) is 219 Å². The lowest BCUT2D eigenvalue weighted by atomic mass is 10.0. The molecule has 0 aromatic heterocycles. The predicted octanol–water partition coefficient (Wildman–Crippen LogP) is 10.9. The number of thiol groups is 1. The number of esters is 2. The molecule has 0 saturated carbocycles. The third-order valence-electron chi connectivity index (χ3n) is 10.1. The second kappa shape index (κ2) is 37.6. The van der Waals surface area contributed by atoms with Crippen LogP contribution in [0.25, 0.3) is 0 Å². The van der Waals surface area contributed by atoms with Gasteiger partial charge in [0.25, 0.3) is 5.91 Å². The predicted molar refractivity (Wildman–Crippen MR) is 220 cm³/mol. The lowest BCUT2D eigenvalue weighted by Crippen LogP contribution is -2.54. The molecule has 0 saturated heterocycles. The molecule has 0 aliphatic carbocycles. The fourth-order valence-corrected chi connectivity index (χ4v) is 6.86. The highest BCUT2D eigenvalue weighted by Crippen LogP contribution is 2.17. The molecule has 0 aromatic rings. The van der Waals surface area contributed by atoms with Gasteiger partial charge in [-0.2, -0.15) is 12.6 Å². The summed E-state index contributed by atoms with van der Waals surface area (Å²) in [6.07, 6.45) is 30.7. The van der Waals surface area contributed by atoms with Gasteiger partial charge < -0.3 is 25.0 Å². The fraction of sp³-hybridized carbons (Fsp3) is 0.884. The standard InChI is InChI=1S/C43H79NO9S/c1-3-5-7-9-11-13-15-17-19-21-23-25-27-29-31-33-37(45)52-39(41(47)44-36(35-54)42(48)49)40(43(50)51)53-38(46)34-32-30-28-26-24-22-20-18-16-14-12-10-8-6-4-2/h36,39-40,54H,3-35H2,1-2H3,(H,44,47)(H,48,49)(H,50,51)/t36?,39-,40-/m1/s1. The molecule has 3 atom stereocenters. The van der Waals surface area contributed by atoms with Crippen LogP contribution < -0.4 is 5.32 Å². The van der Waals surface area contributed by atoms with Gasteiger partial charge in [0, 0.05) is 18.6 Å². The maximum absolute atomic E-state index is 13.1. The van der Waals surface area contributed by atoms with Crippen molar-refractivity contribution in [3.8, 4) is 0 Å². The van der Waals surface area contributed by atoms with E-state index in [-0.39, 0.29) is 18.6 Å². The van der Waals surface area contributed by atoms with Crippen LogP contribution in [-0.4, -0.2) is 64.0 Å². The van der Waals surface area contributed by atoms with Crippen LogP contribution in [0.5, 0.6) is 0 Å². The van der Waals surface area contributed by atoms with Crippen LogP contribution in [0, 0.1) is 0 Å². The maximum atomic E-state index is 13.1. The number of amides is 1. The molecule has 11 heteroatoms. The van der Waals surface area contributed by atoms with Gasteiger partial charge >= 0.3 is 23.9 Å². The first-order chi connectivity index (χ1) is 26.2. The summed E-state index contributed by atoms with van der Waals surface area (Å²) in [4.78, 5) is 62.2. The van der Waals surface area contributed by atoms with Gasteiger partial charge in [0.1, 0.15) is 6.04 Å². The van der Waals surface area contributed by atoms with Gasteiger partial charge in [-0.05, 0) is 12.8 Å². The third-order valence-corrected chi connectivity index (χ3v) is 10.4. The van der Waals surface area contributed by atoms with E-state index in [2.05, 4.69) is 31.8 Å². The Morgan fingerprint density at radius 1 is 0.444 bits per heavy atom. The van der Waals surface area contributed by atoms with Crippen LogP contribution in [0.3, 0.4) is 0 Å². The first kappa shape index (κ1) is 51.7. The molecule has 0 aliphatic heterocycles. The Morgan fingerprint density at radius 3 is 0.981 bits per heavy atom. The van der Waals surface area contributed by atoms with Crippen LogP contribution in [0.15, 0.2) is 0 Å². The number of carbonyl (C=O) groups excluding carboxylic acids is 3. The van der Waals surface area contributed by atoms with Crippen molar-refractivity contribution in [1.82, 2.24) is 5.32 Å². The summed E-state index contributed by atoms with van der Waals surface area (Å²) < 4.78 is 10.5. The van der Waals surface area contributed by atoms with Crippen molar-refractivity contribution in [1.29, 1.82) is 0 Å². The number of aliphatic carboxylic acids is 2. The average molecular weight is 786 g/mol. The van der Waals surface area contributed by atoms with Crippen molar-refractivity contribution in [2.45, 2.75) is 238 Å². The van der Waals surface area contributed by atoms with Gasteiger partial charge in [-0.15, -0.1) is 0 Å². The zero-order chi connectivity index (χ0) is 40.1. The number of hydrogen-bond acceptors (Lipinski definition) is 8. The fourth-order valence-electron chi connectivity index (χ4n) is 6.62. The highest BCUT2D eigenvalue weighted by atomic mass is 32.1. The maximum Gasteiger partial charge on any atom is 0.349 e. The molecule has 10 nitrogen and oxygen atoms in total. The Labute approximate surface area is 333 Å². The van der Waals surface area contributed by atoms with Crippen LogP contribution in [-0.2, 0) is 33.4 Å². The molecule has 0 heterocycles. The number of hydrogen-bond donors (Lipinski definition) is 4. The van der Waals surface area contributed by atoms with E-state index >= 15 is 0 Å². The van der Waals surface area contributed by atoms with Crippen molar-refractivity contribution >= 4 is 42.4 Å². The molecule has 0 radical (unpaired) electrons. The highest BCUT2D eigenvalue weighted by Gasteiger charge is 2.41. The average Bonchev–Trinajstić information content (AvgIpc) is 3.14. The Morgan fingerprint density at radius 2 is 0.722 bits per heavy atom. The van der Waals surface area contributed by atoms with Gasteiger partial charge in [0.15, 0.2) is 0 Å². The summed E-state index contributed by atoms with van der Waals surface area (Å²) in [5, 5.41) is 21.4. The van der Waals surface area contributed by atoms with Crippen molar-refractivity contribution in [3.63, 3.8) is 0 Å². The molecule has 0 fully saturated rings. The van der Waals surface area contributed by atoms with Crippen LogP contribution in [0.2, 0.25) is 0 Å². The molecule has 1 unspecified atom stereocenters. The summed E-state index contributed by atoms with van der Waals surface area (Å²) in [6.45, 7) is 4.47. The lowest BCUT2D eigenvalue weighted by Gasteiger charge is -2.24. The first-order valence-corrected chi connectivity index (χ1v) is 22.6. The van der Waals surface area contributed by atoms with Crippen molar-refractivity contribution in [3.05, 3.63) is 0 Å². The summed E-state index contributed by atoms with van der Waals surface area (Å²) in [6, 6.07) is -1.46. The number of carboxylic acid groups (broad SMARTS) is 2. The number of ether oxygens (including phenoxy) is 2. The van der Waals surface area contributed by atoms with Gasteiger partial charge in [0.2, 0.25) is 12.2 Å². The zero-order valence-electron chi connectivity index (χ0n) is 34.3. The molecule has 1 amide bonds. The number of carboxylic acids is 2. The van der Waals surface area contributed by atoms with E-state index in [0.717, 1.165) is 51.4 Å². The smallest absolute Gasteiger partial charge is 0.349 e. The normalized spacial score (nSPS) is 12.9. The minimum atomic E-state index is -2.12. The number of unbranched alkanes of at least 4 members (excludes halogenated alkanes) is 28. The SMILES string of the molecule is CCCCCCCCCCCCCCCCCC(=O)O[C@@H](C(=O)O)[C@@H](OC(=O)CCCCCCCCCCCCCCCCC)C(=O)NC(CS)C(=O)O. The Bertz CT molecular complexity index is 963. The summed E-state index contributed by atoms with van der Waals surface area (Å²) >= 11 is 3.93. The molecular formula is C43H79NO9S. The van der Waals surface area contributed by atoms with E-state index < -0.39 is 48.0 Å². The Balaban J connectivity index is 4.57. The van der Waals surface area contributed by atoms with Gasteiger partial charge in [-0.3, -0.25) is 14.4 Å². The minimum absolute atomic E-state index is 0.0438. The van der Waals surface area contributed by atoms with E-state index in [0.29, 0.717) is 12.8 Å². The zero-order valence-corrected chi connectivity index (χ0v) is 35.2. The minimum Gasteiger partial charge on any atom is -0.480 e. The molecular weight excluding hydrogens is 707 g/mol. The van der Waals surface area contributed by atoms with E-state index in [1.807, 2.05) is 0 Å². The molecule has 0 aromatic carbocycles. The van der Waals surface area contributed by atoms with E-state index in [9.17, 15) is 34.2 Å². The van der Waals surface area contributed by atoms with Crippen LogP contribution in [0.4, 0.5) is 0 Å². The van der Waals surface area contributed by atoms with Crippen LogP contribution >= 0.6 is 12.6 Å². The largest absolute Gasteiger partial charge is 0.480 e. The molecule has 316 valence electrons. The monoisotopic (exact) mass is 786 g/mol. The van der Waals surface area contributed by atoms with Crippen molar-refractivity contribution in [2.75, 3.05) is 5.75 Å². The summed E-state index contributed by atoms with van der Waals surface area (Å²) in [5.41, 5.74) is 0. The van der Waals surface area contributed by atoms with Gasteiger partial charge in [-0.1, -0.05) is 194 Å². The van der Waals surface area contributed by atoms with E-state index in [1.165, 1.54) is 128 Å². The summed E-state index contributed by atoms with van der Waals surface area (Å²) in [5.74, 6) is -6.15. The molecule has 3 N–H and O–H groups in total. The Hall–Kier alpha value is -2.30. The number of carbonyl (C=O) groups is 5. The first-order valence-electron chi connectivity index (χ1n) is 21.9. The lowest BCUT2D eigenvalue weighted by molar-refractivity contribution is -0.182. The van der Waals surface area contributed by atoms with Crippen molar-refractivity contribution < 1.29 is 43.7 Å². The molecule has 0 spiro atoms. The van der Waals surface area contributed by atoms with E-state index in [4.69, 9.17) is 9.47 Å². The molecule has 54 heavy (non-hydrogen) atoms. The van der Waals surface area contributed by atoms with E-state index in [1.54, 1.807) is 0 Å². The second-order valence-electron chi connectivity index (χ2n) is 15.1. The number of rotatable bonds is 40. The number of nitrogens with one attached hydrogen (secondary N) is 1.